The van der Waals surface area contributed by atoms with Gasteiger partial charge in [0.25, 0.3) is 0 Å². The van der Waals surface area contributed by atoms with Crippen molar-refractivity contribution in [1.82, 2.24) is 9.97 Å². The van der Waals surface area contributed by atoms with Crippen LogP contribution in [0.1, 0.15) is 44.7 Å². The quantitative estimate of drug-likeness (QED) is 0.113. The summed E-state index contributed by atoms with van der Waals surface area (Å²) in [6.45, 7) is 8.83. The van der Waals surface area contributed by atoms with Crippen LogP contribution in [0.15, 0.2) is 85.2 Å². The van der Waals surface area contributed by atoms with Crippen LogP contribution in [0.25, 0.3) is 22.5 Å². The van der Waals surface area contributed by atoms with E-state index in [1.54, 1.807) is 6.20 Å². The minimum Gasteiger partial charge on any atom is -0.400 e. The molecule has 0 spiro atoms. The van der Waals surface area contributed by atoms with E-state index in [1.807, 2.05) is 42.6 Å². The monoisotopic (exact) mass is 813 g/mol. The number of rotatable bonds is 5. The Morgan fingerprint density at radius 1 is 0.750 bits per heavy atom. The molecule has 0 atom stereocenters. The number of pyridine rings is 2. The van der Waals surface area contributed by atoms with Crippen LogP contribution in [0.2, 0.25) is 0 Å². The van der Waals surface area contributed by atoms with Crippen molar-refractivity contribution in [2.24, 2.45) is 5.92 Å². The van der Waals surface area contributed by atoms with Crippen LogP contribution in [0, 0.1) is 18.1 Å². The molecule has 1 radical (unpaired) electrons. The van der Waals surface area contributed by atoms with Crippen molar-refractivity contribution < 1.29 is 56.5 Å². The zero-order valence-electron chi connectivity index (χ0n) is 25.4. The maximum Gasteiger partial charge on any atom is 0.522 e. The van der Waals surface area contributed by atoms with Crippen molar-refractivity contribution in [2.45, 2.75) is 45.5 Å². The third-order valence-corrected chi connectivity index (χ3v) is 5.78. The number of aromatic nitrogens is 2. The molecule has 0 unspecified atom stereocenters. The van der Waals surface area contributed by atoms with Gasteiger partial charge in [0.05, 0.1) is 0 Å². The molecule has 0 bridgehead atoms. The van der Waals surface area contributed by atoms with Crippen LogP contribution < -0.4 is 0 Å². The molecule has 0 aliphatic heterocycles. The van der Waals surface area contributed by atoms with E-state index in [1.165, 1.54) is 11.1 Å². The fourth-order valence-corrected chi connectivity index (χ4v) is 3.21. The topological polar surface area (TPSA) is 121 Å². The van der Waals surface area contributed by atoms with Gasteiger partial charge in [-0.3, -0.25) is 4.55 Å². The van der Waals surface area contributed by atoms with Crippen LogP contribution in [-0.2, 0) is 36.6 Å². The zero-order valence-corrected chi connectivity index (χ0v) is 28.6. The number of nitrogens with zero attached hydrogens (tertiary/aromatic N) is 2. The second-order valence-electron chi connectivity index (χ2n) is 9.25. The van der Waals surface area contributed by atoms with Gasteiger partial charge in [0.1, 0.15) is 0 Å². The molecule has 0 saturated carbocycles. The second kappa shape index (κ2) is 22.5. The van der Waals surface area contributed by atoms with Gasteiger partial charge in [-0.2, -0.15) is 21.6 Å². The van der Waals surface area contributed by atoms with Crippen molar-refractivity contribution >= 4 is 10.1 Å². The molecule has 0 saturated heterocycles. The molecule has 2 aromatic carbocycles. The number of aliphatic hydroxyl groups excluding tert-OH is 2. The minimum absolute atomic E-state index is 0. The number of alkyl halides is 3. The largest absolute Gasteiger partial charge is 0.522 e. The number of hydrogen-bond donors (Lipinski definition) is 3. The van der Waals surface area contributed by atoms with Gasteiger partial charge in [-0.05, 0) is 23.5 Å². The SMILES string of the molecule is CC(C)Cc1c[c-]c(-c2ccccn2)cc1.CC(C)c1c[c-]c(-c2ccccn2)cc1.CO.CO.O=S(=O)(O)C(F)(F)F.[Ir]. The molecule has 245 valence electrons. The van der Waals surface area contributed by atoms with Gasteiger partial charge in [-0.25, -0.2) is 0 Å². The Morgan fingerprint density at radius 2 is 1.18 bits per heavy atom. The van der Waals surface area contributed by atoms with Crippen molar-refractivity contribution in [3.63, 3.8) is 0 Å². The number of halogens is 3. The normalized spacial score (nSPS) is 10.3. The van der Waals surface area contributed by atoms with E-state index in [0.717, 1.165) is 43.2 Å². The summed E-state index contributed by atoms with van der Waals surface area (Å²) in [6, 6.07) is 31.0. The molecule has 2 aromatic heterocycles. The summed E-state index contributed by atoms with van der Waals surface area (Å²) in [5, 5.41) is 14.0. The smallest absolute Gasteiger partial charge is 0.400 e. The van der Waals surface area contributed by atoms with Crippen LogP contribution >= 0.6 is 0 Å². The van der Waals surface area contributed by atoms with E-state index in [-0.39, 0.29) is 20.1 Å². The standard InChI is InChI=1S/C15H16N.C14H14N.CHF3O3S.2CH4O.Ir/c1-12(2)11-13-6-8-14(9-7-13)15-5-3-4-10-16-15;1-11(2)12-6-8-13(9-7-12)14-5-3-4-10-15-14;2-1(3,4)8(5,6)7;2*1-2;/h3-8,10,12H,11H2,1-2H3;3-8,10-11H,1-2H3;(H,5,6,7);2*2H,1H3;/q2*-1;;;;. The van der Waals surface area contributed by atoms with Crippen molar-refractivity contribution in [3.8, 4) is 22.5 Å². The zero-order chi connectivity index (χ0) is 33.1. The first kappa shape index (κ1) is 43.1. The van der Waals surface area contributed by atoms with Gasteiger partial charge >= 0.3 is 15.6 Å². The van der Waals surface area contributed by atoms with E-state index in [9.17, 15) is 13.2 Å². The van der Waals surface area contributed by atoms with E-state index < -0.39 is 15.6 Å². The fourth-order valence-electron chi connectivity index (χ4n) is 3.21. The molecule has 0 amide bonds. The molecule has 0 aliphatic rings. The summed E-state index contributed by atoms with van der Waals surface area (Å²) in [5.74, 6) is 1.24. The molecule has 0 aliphatic carbocycles. The predicted molar refractivity (Wildman–Crippen MR) is 164 cm³/mol. The first-order valence-electron chi connectivity index (χ1n) is 13.1. The van der Waals surface area contributed by atoms with E-state index in [2.05, 4.69) is 86.2 Å². The maximum atomic E-state index is 10.7. The minimum atomic E-state index is -5.84. The molecule has 0 fully saturated rings. The molecule has 4 aromatic rings. The third-order valence-electron chi connectivity index (χ3n) is 5.20. The average Bonchev–Trinajstić information content (AvgIpc) is 3.00. The molecule has 44 heavy (non-hydrogen) atoms. The molecule has 7 nitrogen and oxygen atoms in total. The summed E-state index contributed by atoms with van der Waals surface area (Å²) >= 11 is 0. The summed E-state index contributed by atoms with van der Waals surface area (Å²) in [6.07, 6.45) is 4.73. The Labute approximate surface area is 272 Å². The maximum absolute atomic E-state index is 10.7. The van der Waals surface area contributed by atoms with Crippen LogP contribution in [0.5, 0.6) is 0 Å². The Morgan fingerprint density at radius 3 is 1.45 bits per heavy atom. The Bertz CT molecular complexity index is 1370. The van der Waals surface area contributed by atoms with Crippen LogP contribution in [0.3, 0.4) is 0 Å². The molecule has 3 N–H and O–H groups in total. The number of hydrogen-bond acceptors (Lipinski definition) is 6. The third kappa shape index (κ3) is 16.7. The van der Waals surface area contributed by atoms with Crippen molar-refractivity contribution in [2.75, 3.05) is 14.2 Å². The summed E-state index contributed by atoms with van der Waals surface area (Å²) in [7, 11) is -3.84. The molecule has 12 heteroatoms. The van der Waals surface area contributed by atoms with Gasteiger partial charge < -0.3 is 20.2 Å². The summed E-state index contributed by atoms with van der Waals surface area (Å²) in [5.41, 5.74) is 1.20. The first-order valence-corrected chi connectivity index (χ1v) is 14.5. The molecule has 4 rings (SSSR count). The van der Waals surface area contributed by atoms with Gasteiger partial charge in [0.2, 0.25) is 0 Å². The molecular formula is C32H39F3IrN2O5S-2. The van der Waals surface area contributed by atoms with Crippen molar-refractivity contribution in [3.05, 3.63) is 108 Å². The summed E-state index contributed by atoms with van der Waals surface area (Å²) in [4.78, 5) is 8.60. The first-order chi connectivity index (χ1) is 20.3. The Balaban J connectivity index is 0. The molecular weight excluding hydrogens is 774 g/mol. The van der Waals surface area contributed by atoms with E-state index in [4.69, 9.17) is 23.2 Å². The molecule has 2 heterocycles. The van der Waals surface area contributed by atoms with E-state index >= 15 is 0 Å². The van der Waals surface area contributed by atoms with Crippen LogP contribution in [-0.4, -0.2) is 52.9 Å². The van der Waals surface area contributed by atoms with Gasteiger partial charge in [-0.1, -0.05) is 70.2 Å². The van der Waals surface area contributed by atoms with Crippen molar-refractivity contribution in [1.29, 1.82) is 0 Å². The van der Waals surface area contributed by atoms with Gasteiger partial charge in [0.15, 0.2) is 0 Å². The second-order valence-corrected chi connectivity index (χ2v) is 10.7. The predicted octanol–water partition coefficient (Wildman–Crippen LogP) is 7.03. The Kier molecular flexibility index (Phi) is 22.1. The van der Waals surface area contributed by atoms with E-state index in [0.29, 0.717) is 11.8 Å². The number of aliphatic hydroxyl groups is 2. The summed E-state index contributed by atoms with van der Waals surface area (Å²) < 4.78 is 57.5. The number of benzene rings is 2. The van der Waals surface area contributed by atoms with Gasteiger partial charge in [0, 0.05) is 46.7 Å². The fraction of sp³-hybridized carbons (Fsp3) is 0.312. The Hall–Kier alpha value is -2.99. The van der Waals surface area contributed by atoms with Crippen LogP contribution in [0.4, 0.5) is 13.2 Å². The average molecular weight is 813 g/mol. The van der Waals surface area contributed by atoms with Gasteiger partial charge in [-0.15, -0.1) is 70.8 Å².